The van der Waals surface area contributed by atoms with Crippen molar-refractivity contribution in [2.24, 2.45) is 0 Å². The number of methoxy groups -OCH3 is 1. The summed E-state index contributed by atoms with van der Waals surface area (Å²) in [6.45, 7) is 5.40. The third-order valence-corrected chi connectivity index (χ3v) is 3.15. The van der Waals surface area contributed by atoms with Crippen LogP contribution in [0.25, 0.3) is 0 Å². The number of carbonyl (C=O) groups excluding carboxylic acids is 1. The highest BCUT2D eigenvalue weighted by Gasteiger charge is 2.00. The molecule has 0 fully saturated rings. The van der Waals surface area contributed by atoms with Gasteiger partial charge in [0.1, 0.15) is 0 Å². The number of ether oxygens (including phenoxy) is 1. The van der Waals surface area contributed by atoms with E-state index in [1.807, 2.05) is 24.3 Å². The molecule has 3 heteroatoms. The van der Waals surface area contributed by atoms with E-state index in [0.717, 1.165) is 15.6 Å². The van der Waals surface area contributed by atoms with Crippen LogP contribution in [0, 0.1) is 11.8 Å². The molecule has 0 amide bonds. The topological polar surface area (TPSA) is 26.3 Å². The van der Waals surface area contributed by atoms with E-state index in [1.165, 1.54) is 7.11 Å². The van der Waals surface area contributed by atoms with Crippen LogP contribution in [-0.4, -0.2) is 13.1 Å². The third-order valence-electron chi connectivity index (χ3n) is 2.46. The maximum Gasteiger partial charge on any atom is 0.333 e. The molecule has 102 valence electrons. The summed E-state index contributed by atoms with van der Waals surface area (Å²) in [4.78, 5) is 11.2. The third kappa shape index (κ3) is 4.91. The predicted molar refractivity (Wildman–Crippen MR) is 85.1 cm³/mol. The Bertz CT molecular complexity index is 628. The van der Waals surface area contributed by atoms with Gasteiger partial charge in [-0.1, -0.05) is 42.7 Å². The first-order chi connectivity index (χ1) is 9.58. The number of esters is 1. The highest BCUT2D eigenvalue weighted by molar-refractivity contribution is 9.10. The first kappa shape index (κ1) is 16.0. The van der Waals surface area contributed by atoms with Crippen LogP contribution in [0.5, 0.6) is 0 Å². The average Bonchev–Trinajstić information content (AvgIpc) is 2.47. The van der Waals surface area contributed by atoms with Gasteiger partial charge in [-0.3, -0.25) is 0 Å². The second-order valence-corrected chi connectivity index (χ2v) is 4.75. The number of halogens is 1. The Balaban J connectivity index is 2.97. The lowest BCUT2D eigenvalue weighted by atomic mass is 10.1. The summed E-state index contributed by atoms with van der Waals surface area (Å²) in [5.41, 5.74) is 2.13. The number of hydrogen-bond acceptors (Lipinski definition) is 2. The van der Waals surface area contributed by atoms with Gasteiger partial charge in [0.05, 0.1) is 7.11 Å². The van der Waals surface area contributed by atoms with Crippen LogP contribution in [0.4, 0.5) is 0 Å². The molecule has 1 aromatic rings. The summed E-state index contributed by atoms with van der Waals surface area (Å²) in [5, 5.41) is 0. The van der Waals surface area contributed by atoms with Crippen LogP contribution in [-0.2, 0) is 9.53 Å². The molecule has 0 radical (unpaired) electrons. The SMILES string of the molecule is C=C/C(C#Cc1ccccc1Br)=C\C=C(/C)C(=O)OC. The molecule has 2 nitrogen and oxygen atoms in total. The van der Waals surface area contributed by atoms with Gasteiger partial charge < -0.3 is 4.74 Å². The zero-order valence-corrected chi connectivity index (χ0v) is 13.0. The number of rotatable bonds is 3. The molecule has 0 aromatic heterocycles. The Hall–Kier alpha value is -2.05. The minimum Gasteiger partial charge on any atom is -0.466 e. The first-order valence-electron chi connectivity index (χ1n) is 5.94. The molecule has 0 aliphatic carbocycles. The molecule has 0 spiro atoms. The molecule has 0 unspecified atom stereocenters. The maximum atomic E-state index is 11.2. The summed E-state index contributed by atoms with van der Waals surface area (Å²) in [6, 6.07) is 7.71. The molecular formula is C17H15BrO2. The average molecular weight is 331 g/mol. The Kier molecular flexibility index (Phi) is 6.55. The second kappa shape index (κ2) is 8.19. The van der Waals surface area contributed by atoms with Crippen molar-refractivity contribution in [2.75, 3.05) is 7.11 Å². The van der Waals surface area contributed by atoms with E-state index in [1.54, 1.807) is 25.2 Å². The lowest BCUT2D eigenvalue weighted by Gasteiger charge is -1.96. The summed E-state index contributed by atoms with van der Waals surface area (Å²) >= 11 is 3.44. The van der Waals surface area contributed by atoms with Gasteiger partial charge >= 0.3 is 5.97 Å². The molecule has 1 aromatic carbocycles. The van der Waals surface area contributed by atoms with Crippen molar-refractivity contribution in [1.82, 2.24) is 0 Å². The number of allylic oxidation sites excluding steroid dienone is 4. The summed E-state index contributed by atoms with van der Waals surface area (Å²) < 4.78 is 5.56. The van der Waals surface area contributed by atoms with E-state index in [9.17, 15) is 4.79 Å². The Morgan fingerprint density at radius 2 is 2.05 bits per heavy atom. The largest absolute Gasteiger partial charge is 0.466 e. The monoisotopic (exact) mass is 330 g/mol. The van der Waals surface area contributed by atoms with Gasteiger partial charge in [-0.05, 0) is 41.1 Å². The fourth-order valence-corrected chi connectivity index (χ4v) is 1.69. The first-order valence-corrected chi connectivity index (χ1v) is 6.73. The predicted octanol–water partition coefficient (Wildman–Crippen LogP) is 4.03. The van der Waals surface area contributed by atoms with Gasteiger partial charge in [0, 0.05) is 21.2 Å². The van der Waals surface area contributed by atoms with E-state index >= 15 is 0 Å². The fourth-order valence-electron chi connectivity index (χ4n) is 1.31. The van der Waals surface area contributed by atoms with E-state index in [4.69, 9.17) is 0 Å². The van der Waals surface area contributed by atoms with Crippen LogP contribution in [0.3, 0.4) is 0 Å². The molecule has 0 heterocycles. The molecule has 0 saturated carbocycles. The summed E-state index contributed by atoms with van der Waals surface area (Å²) in [6.07, 6.45) is 5.05. The van der Waals surface area contributed by atoms with Crippen molar-refractivity contribution in [3.05, 3.63) is 70.3 Å². The highest BCUT2D eigenvalue weighted by atomic mass is 79.9. The van der Waals surface area contributed by atoms with Crippen LogP contribution < -0.4 is 0 Å². The highest BCUT2D eigenvalue weighted by Crippen LogP contribution is 2.14. The molecule has 0 atom stereocenters. The molecule has 0 aliphatic heterocycles. The number of hydrogen-bond donors (Lipinski definition) is 0. The standard InChI is InChI=1S/C17H15BrO2/c1-4-14(10-9-13(2)17(19)20-3)11-12-15-7-5-6-8-16(15)18/h4-10H,1H2,2-3H3/b13-9+,14-10+. The van der Waals surface area contributed by atoms with Crippen molar-refractivity contribution in [1.29, 1.82) is 0 Å². The van der Waals surface area contributed by atoms with E-state index in [-0.39, 0.29) is 5.97 Å². The van der Waals surface area contributed by atoms with E-state index in [2.05, 4.69) is 39.1 Å². The van der Waals surface area contributed by atoms with Gasteiger partial charge in [-0.25, -0.2) is 4.79 Å². The normalized spacial score (nSPS) is 11.3. The summed E-state index contributed by atoms with van der Waals surface area (Å²) in [7, 11) is 1.35. The molecule has 1 rings (SSSR count). The molecular weight excluding hydrogens is 316 g/mol. The van der Waals surface area contributed by atoms with Crippen LogP contribution in [0.1, 0.15) is 12.5 Å². The van der Waals surface area contributed by atoms with Crippen LogP contribution in [0.2, 0.25) is 0 Å². The van der Waals surface area contributed by atoms with E-state index in [0.29, 0.717) is 5.57 Å². The Morgan fingerprint density at radius 3 is 2.65 bits per heavy atom. The quantitative estimate of drug-likeness (QED) is 0.362. The Labute approximate surface area is 128 Å². The van der Waals surface area contributed by atoms with Gasteiger partial charge in [0.2, 0.25) is 0 Å². The molecule has 0 N–H and O–H groups in total. The smallest absolute Gasteiger partial charge is 0.333 e. The lowest BCUT2D eigenvalue weighted by Crippen LogP contribution is -2.00. The van der Waals surface area contributed by atoms with Gasteiger partial charge in [-0.15, -0.1) is 0 Å². The van der Waals surface area contributed by atoms with Gasteiger partial charge in [-0.2, -0.15) is 0 Å². The Morgan fingerprint density at radius 1 is 1.35 bits per heavy atom. The molecule has 0 aliphatic rings. The van der Waals surface area contributed by atoms with Gasteiger partial charge in [0.15, 0.2) is 0 Å². The van der Waals surface area contributed by atoms with Crippen LogP contribution >= 0.6 is 15.9 Å². The molecule has 20 heavy (non-hydrogen) atoms. The minimum absolute atomic E-state index is 0.358. The van der Waals surface area contributed by atoms with Crippen molar-refractivity contribution >= 4 is 21.9 Å². The molecule has 0 bridgehead atoms. The minimum atomic E-state index is -0.358. The van der Waals surface area contributed by atoms with E-state index < -0.39 is 0 Å². The zero-order chi connectivity index (χ0) is 15.0. The summed E-state index contributed by atoms with van der Waals surface area (Å²) in [5.74, 6) is 5.70. The van der Waals surface area contributed by atoms with Crippen molar-refractivity contribution < 1.29 is 9.53 Å². The van der Waals surface area contributed by atoms with Crippen molar-refractivity contribution in [3.63, 3.8) is 0 Å². The van der Waals surface area contributed by atoms with Gasteiger partial charge in [0.25, 0.3) is 0 Å². The number of carbonyl (C=O) groups is 1. The fraction of sp³-hybridized carbons (Fsp3) is 0.118. The maximum absolute atomic E-state index is 11.2. The lowest BCUT2D eigenvalue weighted by molar-refractivity contribution is -0.136. The zero-order valence-electron chi connectivity index (χ0n) is 11.4. The number of benzene rings is 1. The van der Waals surface area contributed by atoms with Crippen molar-refractivity contribution in [3.8, 4) is 11.8 Å². The second-order valence-electron chi connectivity index (χ2n) is 3.90. The van der Waals surface area contributed by atoms with Crippen LogP contribution in [0.15, 0.2) is 64.7 Å². The van der Waals surface area contributed by atoms with Crippen molar-refractivity contribution in [2.45, 2.75) is 6.92 Å². The molecule has 0 saturated heterocycles.